The zero-order valence-corrected chi connectivity index (χ0v) is 31.9. The van der Waals surface area contributed by atoms with Crippen LogP contribution in [0.3, 0.4) is 0 Å². The van der Waals surface area contributed by atoms with E-state index in [4.69, 9.17) is 0 Å². The third-order valence-electron chi connectivity index (χ3n) is 12.7. The monoisotopic (exact) mass is 726 g/mol. The third-order valence-corrected chi connectivity index (χ3v) is 12.7. The average molecular weight is 727 g/mol. The van der Waals surface area contributed by atoms with E-state index < -0.39 is 0 Å². The van der Waals surface area contributed by atoms with E-state index in [1.165, 1.54) is 99.6 Å². The second-order valence-corrected chi connectivity index (χ2v) is 16.2. The van der Waals surface area contributed by atoms with Gasteiger partial charge in [-0.1, -0.05) is 147 Å². The quantitative estimate of drug-likeness (QED) is 0.175. The van der Waals surface area contributed by atoms with Gasteiger partial charge < -0.3 is 9.47 Å². The Balaban J connectivity index is 1.11. The zero-order chi connectivity index (χ0) is 37.8. The topological polar surface area (TPSA) is 8.17 Å². The Morgan fingerprint density at radius 2 is 1.00 bits per heavy atom. The summed E-state index contributed by atoms with van der Waals surface area (Å²) in [6, 6.07) is 72.0. The molecule has 2 nitrogen and oxygen atoms in total. The summed E-state index contributed by atoms with van der Waals surface area (Å²) in [6.45, 7) is 4.70. The van der Waals surface area contributed by atoms with Crippen molar-refractivity contribution >= 4 is 49.6 Å². The SMILES string of the molecule is CC1(C)c2ccccc2-c2cc(-c3cccc(N4c5cc6c(cc5-c5cccc7cccc4c57)c4cc(-c5ccccc5)ccc4n6-c4ccccc4)c3)ccc21. The molecule has 0 radical (unpaired) electrons. The van der Waals surface area contributed by atoms with Crippen LogP contribution in [0.5, 0.6) is 0 Å². The maximum atomic E-state index is 2.50. The van der Waals surface area contributed by atoms with Crippen LogP contribution in [0.2, 0.25) is 0 Å². The number of aromatic nitrogens is 1. The maximum absolute atomic E-state index is 2.50. The van der Waals surface area contributed by atoms with Gasteiger partial charge in [-0.25, -0.2) is 0 Å². The third kappa shape index (κ3) is 4.65. The van der Waals surface area contributed by atoms with Crippen LogP contribution in [0.1, 0.15) is 25.0 Å². The molecule has 0 unspecified atom stereocenters. The first kappa shape index (κ1) is 32.1. The molecule has 0 saturated heterocycles. The van der Waals surface area contributed by atoms with Crippen LogP contribution in [0.25, 0.3) is 82.8 Å². The molecule has 0 N–H and O–H groups in total. The Bertz CT molecular complexity index is 3250. The summed E-state index contributed by atoms with van der Waals surface area (Å²) in [5.41, 5.74) is 19.9. The van der Waals surface area contributed by atoms with Crippen LogP contribution in [-0.2, 0) is 5.41 Å². The minimum Gasteiger partial charge on any atom is -0.309 e. The predicted octanol–water partition coefficient (Wildman–Crippen LogP) is 15.0. The summed E-state index contributed by atoms with van der Waals surface area (Å²) in [5.74, 6) is 0. The standard InChI is InChI=1S/C55H38N2/c1-55(2)48-24-10-9-22-42(48)44-31-39(26-28-49(44)55)37-18-11-21-41(30-37)57-51-25-13-17-36-16-12-23-43(54(36)51)46-33-47-45-32-38(35-14-5-3-6-15-35)27-29-50(45)56(53(47)34-52(46)57)40-19-7-4-8-20-40/h3-34H,1-2H3. The number of hydrogen-bond donors (Lipinski definition) is 0. The summed E-state index contributed by atoms with van der Waals surface area (Å²) in [5, 5.41) is 5.02. The summed E-state index contributed by atoms with van der Waals surface area (Å²) < 4.78 is 2.44. The van der Waals surface area contributed by atoms with E-state index >= 15 is 0 Å². The normalized spacial score (nSPS) is 13.5. The number of fused-ring (bicyclic) bond motifs is 8. The Morgan fingerprint density at radius 3 is 1.86 bits per heavy atom. The lowest BCUT2D eigenvalue weighted by atomic mass is 9.82. The molecule has 0 bridgehead atoms. The average Bonchev–Trinajstić information content (AvgIpc) is 3.70. The van der Waals surface area contributed by atoms with Crippen LogP contribution in [0, 0.1) is 0 Å². The summed E-state index contributed by atoms with van der Waals surface area (Å²) >= 11 is 0. The molecule has 2 heteroatoms. The molecule has 268 valence electrons. The number of para-hydroxylation sites is 1. The molecule has 1 aromatic heterocycles. The lowest BCUT2D eigenvalue weighted by Crippen LogP contribution is -2.15. The lowest BCUT2D eigenvalue weighted by molar-refractivity contribution is 0.660. The van der Waals surface area contributed by atoms with Crippen molar-refractivity contribution in [2.24, 2.45) is 0 Å². The first-order valence-electron chi connectivity index (χ1n) is 19.9. The van der Waals surface area contributed by atoms with Crippen LogP contribution < -0.4 is 4.90 Å². The minimum absolute atomic E-state index is 0.0213. The number of benzene rings is 9. The van der Waals surface area contributed by atoms with Crippen molar-refractivity contribution in [2.75, 3.05) is 4.90 Å². The smallest absolute Gasteiger partial charge is 0.0562 e. The van der Waals surface area contributed by atoms with Crippen molar-refractivity contribution in [3.05, 3.63) is 205 Å². The fourth-order valence-corrected chi connectivity index (χ4v) is 9.98. The summed E-state index contributed by atoms with van der Waals surface area (Å²) in [4.78, 5) is 2.50. The van der Waals surface area contributed by atoms with Gasteiger partial charge in [-0.3, -0.25) is 0 Å². The lowest BCUT2D eigenvalue weighted by Gasteiger charge is -2.34. The van der Waals surface area contributed by atoms with E-state index in [9.17, 15) is 0 Å². The summed E-state index contributed by atoms with van der Waals surface area (Å²) in [7, 11) is 0. The number of nitrogens with zero attached hydrogens (tertiary/aromatic N) is 2. The van der Waals surface area contributed by atoms with E-state index in [2.05, 4.69) is 217 Å². The molecule has 0 atom stereocenters. The van der Waals surface area contributed by atoms with E-state index in [-0.39, 0.29) is 5.41 Å². The van der Waals surface area contributed by atoms with Gasteiger partial charge in [0.05, 0.1) is 22.4 Å². The van der Waals surface area contributed by atoms with E-state index in [0.717, 1.165) is 11.4 Å². The Hall–Kier alpha value is -7.16. The van der Waals surface area contributed by atoms with Gasteiger partial charge in [0.15, 0.2) is 0 Å². The van der Waals surface area contributed by atoms with Crippen LogP contribution in [-0.4, -0.2) is 4.57 Å². The van der Waals surface area contributed by atoms with Gasteiger partial charge in [0.1, 0.15) is 0 Å². The molecule has 0 saturated carbocycles. The fourth-order valence-electron chi connectivity index (χ4n) is 9.98. The van der Waals surface area contributed by atoms with Crippen molar-refractivity contribution in [2.45, 2.75) is 19.3 Å². The van der Waals surface area contributed by atoms with Gasteiger partial charge in [-0.15, -0.1) is 0 Å². The van der Waals surface area contributed by atoms with Gasteiger partial charge >= 0.3 is 0 Å². The van der Waals surface area contributed by atoms with Gasteiger partial charge in [0.2, 0.25) is 0 Å². The number of rotatable bonds is 4. The van der Waals surface area contributed by atoms with Crippen molar-refractivity contribution in [3.63, 3.8) is 0 Å². The fraction of sp³-hybridized carbons (Fsp3) is 0.0545. The highest BCUT2D eigenvalue weighted by Gasteiger charge is 2.35. The van der Waals surface area contributed by atoms with Crippen LogP contribution in [0.15, 0.2) is 194 Å². The molecule has 2 heterocycles. The molecular weight excluding hydrogens is 689 g/mol. The molecule has 1 aliphatic heterocycles. The van der Waals surface area contributed by atoms with Crippen LogP contribution >= 0.6 is 0 Å². The molecule has 2 aliphatic rings. The Kier molecular flexibility index (Phi) is 6.72. The van der Waals surface area contributed by atoms with Gasteiger partial charge in [-0.05, 0) is 116 Å². The van der Waals surface area contributed by atoms with E-state index in [0.29, 0.717) is 0 Å². The largest absolute Gasteiger partial charge is 0.309 e. The highest BCUT2D eigenvalue weighted by Crippen LogP contribution is 2.54. The highest BCUT2D eigenvalue weighted by atomic mass is 15.2. The molecule has 10 aromatic rings. The van der Waals surface area contributed by atoms with Crippen molar-refractivity contribution in [1.29, 1.82) is 0 Å². The highest BCUT2D eigenvalue weighted by molar-refractivity contribution is 6.19. The number of anilines is 3. The molecular formula is C55H38N2. The molecule has 12 rings (SSSR count). The molecule has 0 amide bonds. The van der Waals surface area contributed by atoms with Crippen molar-refractivity contribution < 1.29 is 0 Å². The predicted molar refractivity (Wildman–Crippen MR) is 240 cm³/mol. The molecule has 9 aromatic carbocycles. The van der Waals surface area contributed by atoms with Gasteiger partial charge in [0, 0.05) is 38.5 Å². The Morgan fingerprint density at radius 1 is 0.368 bits per heavy atom. The first-order chi connectivity index (χ1) is 28.0. The Labute approximate surface area is 332 Å². The van der Waals surface area contributed by atoms with Crippen molar-refractivity contribution in [1.82, 2.24) is 4.57 Å². The second kappa shape index (κ2) is 11.9. The van der Waals surface area contributed by atoms with Gasteiger partial charge in [-0.2, -0.15) is 0 Å². The van der Waals surface area contributed by atoms with Gasteiger partial charge in [0.25, 0.3) is 0 Å². The molecule has 1 aliphatic carbocycles. The second-order valence-electron chi connectivity index (χ2n) is 16.2. The van der Waals surface area contributed by atoms with E-state index in [1.54, 1.807) is 0 Å². The molecule has 57 heavy (non-hydrogen) atoms. The first-order valence-corrected chi connectivity index (χ1v) is 19.9. The van der Waals surface area contributed by atoms with Crippen LogP contribution in [0.4, 0.5) is 17.1 Å². The number of hydrogen-bond acceptors (Lipinski definition) is 1. The zero-order valence-electron chi connectivity index (χ0n) is 31.9. The van der Waals surface area contributed by atoms with E-state index in [1.807, 2.05) is 0 Å². The molecule has 0 spiro atoms. The molecule has 0 fully saturated rings. The minimum atomic E-state index is -0.0213. The summed E-state index contributed by atoms with van der Waals surface area (Å²) in [6.07, 6.45) is 0. The van der Waals surface area contributed by atoms with Crippen molar-refractivity contribution in [3.8, 4) is 50.2 Å². The maximum Gasteiger partial charge on any atom is 0.0562 e.